The first kappa shape index (κ1) is 39.8. The number of carbonyl (C=O) groups excluding carboxylic acids is 2. The SMILES string of the molecule is CCCC[C@H](C#C[C@H](/C=C\CCCC(=O)O)OC(=O)[C@@](OC)(c1ccccc1)C(F)(F)F)OC(=O)[C@@](OC)(c1ccccc1)C(F)(F)F. The summed E-state index contributed by atoms with van der Waals surface area (Å²) in [5.41, 5.74) is -8.27. The van der Waals surface area contributed by atoms with E-state index in [0.717, 1.165) is 30.3 Å². The Balaban J connectivity index is 2.56. The lowest BCUT2D eigenvalue weighted by Gasteiger charge is -2.33. The number of aliphatic carboxylic acids is 1. The summed E-state index contributed by atoms with van der Waals surface area (Å²) in [6, 6.07) is 12.0. The monoisotopic (exact) mass is 686 g/mol. The molecule has 1 N–H and O–H groups in total. The van der Waals surface area contributed by atoms with Crippen LogP contribution in [0.2, 0.25) is 0 Å². The highest BCUT2D eigenvalue weighted by Gasteiger charge is 2.65. The molecule has 8 nitrogen and oxygen atoms in total. The lowest BCUT2D eigenvalue weighted by Crippen LogP contribution is -2.52. The van der Waals surface area contributed by atoms with Gasteiger partial charge in [-0.25, -0.2) is 9.59 Å². The second-order valence-corrected chi connectivity index (χ2v) is 10.4. The number of benzene rings is 2. The zero-order valence-corrected chi connectivity index (χ0v) is 26.4. The van der Waals surface area contributed by atoms with E-state index in [4.69, 9.17) is 24.1 Å². The van der Waals surface area contributed by atoms with Gasteiger partial charge in [0.2, 0.25) is 0 Å². The maximum atomic E-state index is 14.5. The van der Waals surface area contributed by atoms with Crippen molar-refractivity contribution in [3.05, 3.63) is 83.9 Å². The van der Waals surface area contributed by atoms with Crippen LogP contribution in [0.15, 0.2) is 72.8 Å². The van der Waals surface area contributed by atoms with E-state index in [9.17, 15) is 40.7 Å². The van der Waals surface area contributed by atoms with Crippen molar-refractivity contribution in [2.24, 2.45) is 0 Å². The summed E-state index contributed by atoms with van der Waals surface area (Å²) >= 11 is 0. The number of hydrogen-bond acceptors (Lipinski definition) is 7. The Morgan fingerprint density at radius 2 is 1.25 bits per heavy atom. The molecule has 0 aliphatic carbocycles. The van der Waals surface area contributed by atoms with Gasteiger partial charge >= 0.3 is 30.3 Å². The molecule has 4 atom stereocenters. The van der Waals surface area contributed by atoms with Gasteiger partial charge in [0.05, 0.1) is 0 Å². The van der Waals surface area contributed by atoms with Crippen LogP contribution in [0.25, 0.3) is 0 Å². The van der Waals surface area contributed by atoms with Crippen LogP contribution >= 0.6 is 0 Å². The molecule has 0 unspecified atom stereocenters. The minimum absolute atomic E-state index is 0.0841. The van der Waals surface area contributed by atoms with Crippen LogP contribution in [0, 0.1) is 11.8 Å². The zero-order chi connectivity index (χ0) is 36.0. The van der Waals surface area contributed by atoms with E-state index in [1.165, 1.54) is 42.5 Å². The molecule has 0 bridgehead atoms. The maximum Gasteiger partial charge on any atom is 0.432 e. The molecule has 0 fully saturated rings. The van der Waals surface area contributed by atoms with Crippen molar-refractivity contribution < 1.29 is 64.8 Å². The third-order valence-electron chi connectivity index (χ3n) is 7.11. The van der Waals surface area contributed by atoms with Crippen LogP contribution in [0.4, 0.5) is 26.3 Å². The van der Waals surface area contributed by atoms with Gasteiger partial charge in [-0.1, -0.05) is 91.9 Å². The van der Waals surface area contributed by atoms with Crippen molar-refractivity contribution >= 4 is 17.9 Å². The standard InChI is InChI=1S/C34H36F6O8/c1-4-5-19-26(47-29(43)31(45-2,33(35,36)37)24-15-9-6-10-16-24)22-23-27(20-13-8-14-21-28(41)42)48-30(44)32(46-3,34(38,39)40)25-17-11-7-12-18-25/h6-7,9-13,15-18,20,26-27H,4-5,8,14,19,21H2,1-3H3,(H,41,42)/b20-13-/t26-,27+,31+,32+/m1/s1. The molecular weight excluding hydrogens is 650 g/mol. The molecule has 0 amide bonds. The number of methoxy groups -OCH3 is 2. The molecule has 0 aromatic heterocycles. The van der Waals surface area contributed by atoms with E-state index in [1.807, 2.05) is 0 Å². The van der Waals surface area contributed by atoms with E-state index >= 15 is 0 Å². The molecule has 0 saturated heterocycles. The fourth-order valence-electron chi connectivity index (χ4n) is 4.62. The van der Waals surface area contributed by atoms with Crippen LogP contribution in [-0.4, -0.2) is 61.8 Å². The van der Waals surface area contributed by atoms with E-state index in [-0.39, 0.29) is 25.7 Å². The Hall–Kier alpha value is -4.35. The molecular formula is C34H36F6O8. The third-order valence-corrected chi connectivity index (χ3v) is 7.11. The summed E-state index contributed by atoms with van der Waals surface area (Å²) in [6.07, 6.45) is -10.8. The lowest BCUT2D eigenvalue weighted by molar-refractivity contribution is -0.278. The lowest BCUT2D eigenvalue weighted by atomic mass is 9.92. The summed E-state index contributed by atoms with van der Waals surface area (Å²) in [7, 11) is 1.36. The van der Waals surface area contributed by atoms with Gasteiger partial charge < -0.3 is 24.1 Å². The summed E-state index contributed by atoms with van der Waals surface area (Å²) < 4.78 is 107. The number of ether oxygens (including phenoxy) is 4. The van der Waals surface area contributed by atoms with Crippen molar-refractivity contribution in [3.63, 3.8) is 0 Å². The van der Waals surface area contributed by atoms with Crippen LogP contribution in [0.5, 0.6) is 0 Å². The molecule has 0 heterocycles. The maximum absolute atomic E-state index is 14.5. The second-order valence-electron chi connectivity index (χ2n) is 10.4. The largest absolute Gasteiger partial charge is 0.481 e. The number of carboxylic acids is 1. The Labute approximate surface area is 274 Å². The molecule has 262 valence electrons. The number of carboxylic acid groups (broad SMARTS) is 1. The van der Waals surface area contributed by atoms with Gasteiger partial charge in [0, 0.05) is 31.8 Å². The van der Waals surface area contributed by atoms with Gasteiger partial charge in [0.15, 0.2) is 12.2 Å². The van der Waals surface area contributed by atoms with Crippen LogP contribution in [0.1, 0.15) is 56.6 Å². The van der Waals surface area contributed by atoms with Crippen molar-refractivity contribution in [3.8, 4) is 11.8 Å². The molecule has 0 spiro atoms. The highest BCUT2D eigenvalue weighted by atomic mass is 19.4. The summed E-state index contributed by atoms with van der Waals surface area (Å²) in [4.78, 5) is 37.4. The molecule has 2 aromatic carbocycles. The zero-order valence-electron chi connectivity index (χ0n) is 26.4. The minimum Gasteiger partial charge on any atom is -0.481 e. The normalized spacial score (nSPS) is 15.7. The summed E-state index contributed by atoms with van der Waals surface area (Å²) in [5.74, 6) is -0.00118. The topological polar surface area (TPSA) is 108 Å². The van der Waals surface area contributed by atoms with E-state index in [1.54, 1.807) is 6.92 Å². The first-order valence-electron chi connectivity index (χ1n) is 14.8. The van der Waals surface area contributed by atoms with Crippen molar-refractivity contribution in [1.29, 1.82) is 0 Å². The fourth-order valence-corrected chi connectivity index (χ4v) is 4.62. The number of halogens is 6. The molecule has 0 radical (unpaired) electrons. The molecule has 2 aromatic rings. The molecule has 2 rings (SSSR count). The highest BCUT2D eigenvalue weighted by Crippen LogP contribution is 2.44. The Kier molecular flexibility index (Phi) is 14.7. The molecule has 14 heteroatoms. The fraction of sp³-hybridized carbons (Fsp3) is 0.441. The Morgan fingerprint density at radius 1 is 0.771 bits per heavy atom. The van der Waals surface area contributed by atoms with Gasteiger partial charge in [-0.15, -0.1) is 0 Å². The molecule has 48 heavy (non-hydrogen) atoms. The van der Waals surface area contributed by atoms with E-state index in [0.29, 0.717) is 27.1 Å². The van der Waals surface area contributed by atoms with Gasteiger partial charge in [-0.3, -0.25) is 4.79 Å². The third kappa shape index (κ3) is 9.60. The predicted molar refractivity (Wildman–Crippen MR) is 160 cm³/mol. The number of hydrogen-bond donors (Lipinski definition) is 1. The summed E-state index contributed by atoms with van der Waals surface area (Å²) in [5, 5.41) is 8.87. The quantitative estimate of drug-likeness (QED) is 0.0660. The highest BCUT2D eigenvalue weighted by molar-refractivity contribution is 5.84. The van der Waals surface area contributed by atoms with Gasteiger partial charge in [0.25, 0.3) is 11.2 Å². The second kappa shape index (κ2) is 17.7. The minimum atomic E-state index is -5.32. The Morgan fingerprint density at radius 3 is 1.67 bits per heavy atom. The van der Waals surface area contributed by atoms with E-state index in [2.05, 4.69) is 11.8 Å². The van der Waals surface area contributed by atoms with Crippen molar-refractivity contribution in [1.82, 2.24) is 0 Å². The number of carbonyl (C=O) groups is 3. The first-order valence-corrected chi connectivity index (χ1v) is 14.8. The Bertz CT molecular complexity index is 1430. The summed E-state index contributed by atoms with van der Waals surface area (Å²) in [6.45, 7) is 1.75. The van der Waals surface area contributed by atoms with Gasteiger partial charge in [-0.2, -0.15) is 26.3 Å². The van der Waals surface area contributed by atoms with Crippen LogP contribution < -0.4 is 0 Å². The number of alkyl halides is 6. The van der Waals surface area contributed by atoms with Crippen molar-refractivity contribution in [2.45, 2.75) is 81.2 Å². The first-order chi connectivity index (χ1) is 22.6. The average molecular weight is 687 g/mol. The van der Waals surface area contributed by atoms with Crippen LogP contribution in [0.3, 0.4) is 0 Å². The number of allylic oxidation sites excluding steroid dienone is 1. The molecule has 0 aliphatic rings. The van der Waals surface area contributed by atoms with Gasteiger partial charge in [0.1, 0.15) is 0 Å². The number of unbranched alkanes of at least 4 members (excludes halogenated alkanes) is 2. The number of esters is 2. The average Bonchev–Trinajstić information content (AvgIpc) is 3.02. The van der Waals surface area contributed by atoms with Crippen molar-refractivity contribution in [2.75, 3.05) is 14.2 Å². The predicted octanol–water partition coefficient (Wildman–Crippen LogP) is 7.02. The van der Waals surface area contributed by atoms with Crippen LogP contribution in [-0.2, 0) is 44.5 Å². The molecule has 0 aliphatic heterocycles. The smallest absolute Gasteiger partial charge is 0.432 e. The molecule has 0 saturated carbocycles. The van der Waals surface area contributed by atoms with Gasteiger partial charge in [-0.05, 0) is 31.8 Å². The van der Waals surface area contributed by atoms with E-state index < -0.39 is 64.8 Å². The number of rotatable bonds is 16.